The summed E-state index contributed by atoms with van der Waals surface area (Å²) in [6.07, 6.45) is 0.812. The number of alkyl halides is 3. The maximum atomic E-state index is 13.7. The predicted octanol–water partition coefficient (Wildman–Crippen LogP) is 5.90. The molecule has 2 aromatic heterocycles. The average Bonchev–Trinajstić information content (AvgIpc) is 3.27. The number of aromatic nitrogens is 2. The van der Waals surface area contributed by atoms with E-state index in [1.807, 2.05) is 31.2 Å². The molecule has 0 spiro atoms. The molecular weight excluding hydrogens is 533 g/mol. The van der Waals surface area contributed by atoms with Crippen molar-refractivity contribution in [3.8, 4) is 5.69 Å². The van der Waals surface area contributed by atoms with Gasteiger partial charge in [-0.05, 0) is 68.0 Å². The largest absolute Gasteiger partial charge is 0.416 e. The summed E-state index contributed by atoms with van der Waals surface area (Å²) in [7, 11) is 0. The molecule has 0 aliphatic heterocycles. The first-order chi connectivity index (χ1) is 18.2. The van der Waals surface area contributed by atoms with Crippen LogP contribution in [0.2, 0.25) is 0 Å². The number of thioether (sulfide) groups is 1. The fourth-order valence-electron chi connectivity index (χ4n) is 4.30. The van der Waals surface area contributed by atoms with Gasteiger partial charge in [-0.15, -0.1) is 11.3 Å². The highest BCUT2D eigenvalue weighted by Crippen LogP contribution is 2.35. The van der Waals surface area contributed by atoms with Crippen molar-refractivity contribution in [3.05, 3.63) is 86.0 Å². The first-order valence-electron chi connectivity index (χ1n) is 12.0. The van der Waals surface area contributed by atoms with E-state index in [0.717, 1.165) is 60.7 Å². The van der Waals surface area contributed by atoms with Crippen molar-refractivity contribution >= 4 is 45.4 Å². The van der Waals surface area contributed by atoms with Crippen LogP contribution < -0.4 is 11.0 Å². The number of nitrogens with zero attached hydrogens (tertiary/aromatic N) is 3. The second-order valence-corrected chi connectivity index (χ2v) is 11.0. The van der Waals surface area contributed by atoms with E-state index < -0.39 is 17.6 Å². The smallest absolute Gasteiger partial charge is 0.272 e. The highest BCUT2D eigenvalue weighted by atomic mass is 32.2. The second-order valence-electron chi connectivity index (χ2n) is 8.96. The summed E-state index contributed by atoms with van der Waals surface area (Å²) in [5, 5.41) is 4.92. The maximum Gasteiger partial charge on any atom is 0.416 e. The van der Waals surface area contributed by atoms with Gasteiger partial charge in [0.25, 0.3) is 11.5 Å². The Labute approximate surface area is 224 Å². The van der Waals surface area contributed by atoms with Gasteiger partial charge >= 0.3 is 6.18 Å². The molecule has 1 aliphatic carbocycles. The third-order valence-corrected chi connectivity index (χ3v) is 8.35. The van der Waals surface area contributed by atoms with Crippen LogP contribution in [0.4, 0.5) is 13.2 Å². The lowest BCUT2D eigenvalue weighted by molar-refractivity contribution is -0.137. The molecule has 0 bridgehead atoms. The molecule has 0 atom stereocenters. The van der Waals surface area contributed by atoms with Crippen LogP contribution in [0.1, 0.15) is 40.0 Å². The van der Waals surface area contributed by atoms with Crippen LogP contribution in [0.15, 0.2) is 63.6 Å². The lowest BCUT2D eigenvalue weighted by Crippen LogP contribution is -2.24. The molecular formula is C27H23F3N4O2S2. The van der Waals surface area contributed by atoms with Gasteiger partial charge in [-0.3, -0.25) is 14.2 Å². The molecule has 0 radical (unpaired) electrons. The maximum absolute atomic E-state index is 13.7. The Balaban J connectivity index is 1.36. The monoisotopic (exact) mass is 556 g/mol. The van der Waals surface area contributed by atoms with Crippen molar-refractivity contribution in [3.63, 3.8) is 0 Å². The number of rotatable bonds is 6. The summed E-state index contributed by atoms with van der Waals surface area (Å²) in [4.78, 5) is 32.9. The summed E-state index contributed by atoms with van der Waals surface area (Å²) >= 11 is 2.68. The number of nitrogens with one attached hydrogen (secondary N) is 1. The van der Waals surface area contributed by atoms with E-state index >= 15 is 0 Å². The van der Waals surface area contributed by atoms with Crippen molar-refractivity contribution in [1.82, 2.24) is 15.0 Å². The Morgan fingerprint density at radius 1 is 1.13 bits per heavy atom. The van der Waals surface area contributed by atoms with Crippen molar-refractivity contribution < 1.29 is 18.0 Å². The minimum atomic E-state index is -4.42. The molecule has 0 saturated heterocycles. The minimum absolute atomic E-state index is 0.0563. The van der Waals surface area contributed by atoms with Crippen molar-refractivity contribution in [2.24, 2.45) is 5.10 Å². The summed E-state index contributed by atoms with van der Waals surface area (Å²) in [5.41, 5.74) is 4.73. The molecule has 11 heteroatoms. The van der Waals surface area contributed by atoms with Gasteiger partial charge < -0.3 is 0 Å². The molecule has 38 heavy (non-hydrogen) atoms. The van der Waals surface area contributed by atoms with Crippen LogP contribution in [0.25, 0.3) is 15.9 Å². The van der Waals surface area contributed by atoms with E-state index in [2.05, 4.69) is 10.5 Å². The molecule has 2 heterocycles. The van der Waals surface area contributed by atoms with Gasteiger partial charge in [0.15, 0.2) is 5.16 Å². The number of thiophene rings is 1. The number of fused-ring (bicyclic) bond motifs is 3. The molecule has 6 nitrogen and oxygen atoms in total. The Morgan fingerprint density at radius 2 is 1.84 bits per heavy atom. The van der Waals surface area contributed by atoms with Gasteiger partial charge in [-0.2, -0.15) is 18.3 Å². The first-order valence-corrected chi connectivity index (χ1v) is 13.8. The number of benzene rings is 2. The summed E-state index contributed by atoms with van der Waals surface area (Å²) in [5.74, 6) is -0.493. The fraction of sp³-hybridized carbons (Fsp3) is 0.259. The zero-order valence-electron chi connectivity index (χ0n) is 20.3. The van der Waals surface area contributed by atoms with Gasteiger partial charge in [0.05, 0.1) is 28.6 Å². The molecule has 0 unspecified atom stereocenters. The topological polar surface area (TPSA) is 76.3 Å². The van der Waals surface area contributed by atoms with E-state index in [0.29, 0.717) is 26.6 Å². The van der Waals surface area contributed by atoms with Crippen LogP contribution in [-0.4, -0.2) is 27.4 Å². The van der Waals surface area contributed by atoms with E-state index in [1.165, 1.54) is 23.2 Å². The molecule has 2 aromatic carbocycles. The van der Waals surface area contributed by atoms with Crippen molar-refractivity contribution in [1.29, 1.82) is 0 Å². The second kappa shape index (κ2) is 10.7. The molecule has 1 aliphatic rings. The third-order valence-electron chi connectivity index (χ3n) is 6.22. The zero-order valence-corrected chi connectivity index (χ0v) is 22.0. The Morgan fingerprint density at radius 3 is 2.55 bits per heavy atom. The Kier molecular flexibility index (Phi) is 7.40. The number of carbonyl (C=O) groups excluding carboxylic acids is 1. The lowest BCUT2D eigenvalue weighted by Gasteiger charge is -2.13. The minimum Gasteiger partial charge on any atom is -0.272 e. The first kappa shape index (κ1) is 26.2. The van der Waals surface area contributed by atoms with Crippen LogP contribution in [0.5, 0.6) is 0 Å². The number of halogens is 3. The number of hydrogen-bond acceptors (Lipinski definition) is 6. The Bertz CT molecular complexity index is 1570. The van der Waals surface area contributed by atoms with Gasteiger partial charge in [0, 0.05) is 4.88 Å². The Hall–Kier alpha value is -3.44. The number of aryl methyl sites for hydroxylation is 3. The van der Waals surface area contributed by atoms with Crippen LogP contribution in [0.3, 0.4) is 0 Å². The third kappa shape index (κ3) is 5.53. The SMILES string of the molecule is Cc1ccc(-n2c(SCC(=O)N/N=C\c3ccc(C(F)(F)F)cc3)nc3sc4c(c3c2=O)CCCC4)cc1. The quantitative estimate of drug-likeness (QED) is 0.139. The zero-order chi connectivity index (χ0) is 26.9. The van der Waals surface area contributed by atoms with Gasteiger partial charge in [-0.1, -0.05) is 41.6 Å². The highest BCUT2D eigenvalue weighted by molar-refractivity contribution is 7.99. The lowest BCUT2D eigenvalue weighted by atomic mass is 9.97. The van der Waals surface area contributed by atoms with Crippen molar-refractivity contribution in [2.45, 2.75) is 43.9 Å². The van der Waals surface area contributed by atoms with E-state index in [1.54, 1.807) is 15.9 Å². The summed E-state index contributed by atoms with van der Waals surface area (Å²) in [6.45, 7) is 1.97. The molecule has 1 amide bonds. The molecule has 1 N–H and O–H groups in total. The van der Waals surface area contributed by atoms with Crippen LogP contribution in [0, 0.1) is 6.92 Å². The summed E-state index contributed by atoms with van der Waals surface area (Å²) < 4.78 is 39.7. The molecule has 4 aromatic rings. The van der Waals surface area contributed by atoms with Gasteiger partial charge in [0.1, 0.15) is 4.83 Å². The molecule has 0 fully saturated rings. The molecule has 5 rings (SSSR count). The fourth-order valence-corrected chi connectivity index (χ4v) is 6.41. The highest BCUT2D eigenvalue weighted by Gasteiger charge is 2.29. The number of carbonyl (C=O) groups is 1. The van der Waals surface area contributed by atoms with Crippen LogP contribution >= 0.6 is 23.1 Å². The van der Waals surface area contributed by atoms with E-state index in [4.69, 9.17) is 4.98 Å². The predicted molar refractivity (Wildman–Crippen MR) is 145 cm³/mol. The van der Waals surface area contributed by atoms with Crippen LogP contribution in [-0.2, 0) is 23.8 Å². The molecule has 0 saturated carbocycles. The van der Waals surface area contributed by atoms with Gasteiger partial charge in [-0.25, -0.2) is 10.4 Å². The standard InChI is InChI=1S/C27H23F3N4O2S2/c1-16-6-12-19(13-7-16)34-25(36)23-20-4-2-3-5-21(20)38-24(23)32-26(34)37-15-22(35)33-31-14-17-8-10-18(11-9-17)27(28,29)30/h6-14H,2-5,15H2,1H3,(H,33,35)/b31-14-. The van der Waals surface area contributed by atoms with Gasteiger partial charge in [0.2, 0.25) is 0 Å². The number of hydrogen-bond donors (Lipinski definition) is 1. The van der Waals surface area contributed by atoms with E-state index in [9.17, 15) is 22.8 Å². The summed E-state index contributed by atoms with van der Waals surface area (Å²) in [6, 6.07) is 12.0. The molecule has 196 valence electrons. The number of hydrazone groups is 1. The van der Waals surface area contributed by atoms with E-state index in [-0.39, 0.29) is 11.3 Å². The average molecular weight is 557 g/mol. The van der Waals surface area contributed by atoms with Crippen molar-refractivity contribution in [2.75, 3.05) is 5.75 Å². The number of amides is 1. The normalized spacial score (nSPS) is 13.7.